The smallest absolute Gasteiger partial charge is 0.312 e. The van der Waals surface area contributed by atoms with Gasteiger partial charge in [-0.2, -0.15) is 0 Å². The average molecular weight is 313 g/mol. The van der Waals surface area contributed by atoms with Gasteiger partial charge in [0.25, 0.3) is 0 Å². The van der Waals surface area contributed by atoms with E-state index < -0.39 is 11.9 Å². The summed E-state index contributed by atoms with van der Waals surface area (Å²) >= 11 is 0. The molecule has 5 nitrogen and oxygen atoms in total. The number of aliphatic carboxylic acids is 1. The monoisotopic (exact) mass is 313 g/mol. The zero-order chi connectivity index (χ0) is 16.7. The van der Waals surface area contributed by atoms with Gasteiger partial charge in [-0.05, 0) is 23.3 Å². The van der Waals surface area contributed by atoms with Crippen LogP contribution in [0.5, 0.6) is 5.75 Å². The average Bonchev–Trinajstić information content (AvgIpc) is 2.56. The molecule has 0 saturated carbocycles. The summed E-state index contributed by atoms with van der Waals surface area (Å²) in [5.41, 5.74) is 1.51. The second kappa shape index (κ2) is 7.98. The first kappa shape index (κ1) is 16.5. The summed E-state index contributed by atoms with van der Waals surface area (Å²) in [5, 5.41) is 12.0. The Kier molecular flexibility index (Phi) is 5.74. The van der Waals surface area contributed by atoms with Gasteiger partial charge >= 0.3 is 5.97 Å². The topological polar surface area (TPSA) is 75.6 Å². The van der Waals surface area contributed by atoms with Gasteiger partial charge in [-0.25, -0.2) is 0 Å². The molecule has 0 heterocycles. The lowest BCUT2D eigenvalue weighted by atomic mass is 9.99. The molecule has 0 aromatic heterocycles. The Hall–Kier alpha value is -2.82. The van der Waals surface area contributed by atoms with Crippen LogP contribution in [0.2, 0.25) is 0 Å². The van der Waals surface area contributed by atoms with E-state index in [4.69, 9.17) is 4.74 Å². The SMILES string of the molecule is COc1ccc(CC(=O)NC[C@H](C(=O)O)c2ccccc2)cc1. The number of methoxy groups -OCH3 is 1. The summed E-state index contributed by atoms with van der Waals surface area (Å²) in [6.45, 7) is 0.0638. The number of carbonyl (C=O) groups excluding carboxylic acids is 1. The highest BCUT2D eigenvalue weighted by Crippen LogP contribution is 2.15. The summed E-state index contributed by atoms with van der Waals surface area (Å²) in [7, 11) is 1.58. The van der Waals surface area contributed by atoms with Crippen molar-refractivity contribution >= 4 is 11.9 Å². The summed E-state index contributed by atoms with van der Waals surface area (Å²) in [6, 6.07) is 16.1. The van der Waals surface area contributed by atoms with Gasteiger partial charge in [0.15, 0.2) is 0 Å². The second-order valence-electron chi connectivity index (χ2n) is 5.13. The van der Waals surface area contributed by atoms with E-state index >= 15 is 0 Å². The number of carboxylic acid groups (broad SMARTS) is 1. The highest BCUT2D eigenvalue weighted by molar-refractivity contribution is 5.81. The zero-order valence-corrected chi connectivity index (χ0v) is 12.9. The molecule has 0 fully saturated rings. The molecule has 23 heavy (non-hydrogen) atoms. The van der Waals surface area contributed by atoms with Gasteiger partial charge in [0.2, 0.25) is 5.91 Å². The Morgan fingerprint density at radius 3 is 2.30 bits per heavy atom. The molecule has 5 heteroatoms. The third-order valence-electron chi connectivity index (χ3n) is 3.53. The van der Waals surface area contributed by atoms with Crippen LogP contribution in [0.3, 0.4) is 0 Å². The first-order valence-electron chi connectivity index (χ1n) is 7.27. The molecule has 2 aromatic rings. The molecule has 120 valence electrons. The van der Waals surface area contributed by atoms with Crippen molar-refractivity contribution in [3.8, 4) is 5.75 Å². The Morgan fingerprint density at radius 2 is 1.74 bits per heavy atom. The minimum Gasteiger partial charge on any atom is -0.497 e. The zero-order valence-electron chi connectivity index (χ0n) is 12.9. The normalized spacial score (nSPS) is 11.5. The standard InChI is InChI=1S/C18H19NO4/c1-23-15-9-7-13(8-10-15)11-17(20)19-12-16(18(21)22)14-5-3-2-4-6-14/h2-10,16H,11-12H2,1H3,(H,19,20)(H,21,22)/t16-/m0/s1. The molecule has 2 N–H and O–H groups in total. The van der Waals surface area contributed by atoms with E-state index in [0.717, 1.165) is 11.3 Å². The molecular weight excluding hydrogens is 294 g/mol. The molecule has 0 unspecified atom stereocenters. The number of amides is 1. The Bertz CT molecular complexity index is 652. The van der Waals surface area contributed by atoms with Crippen molar-refractivity contribution < 1.29 is 19.4 Å². The van der Waals surface area contributed by atoms with E-state index in [0.29, 0.717) is 5.56 Å². The first-order valence-corrected chi connectivity index (χ1v) is 7.27. The summed E-state index contributed by atoms with van der Waals surface area (Å²) in [4.78, 5) is 23.4. The van der Waals surface area contributed by atoms with Crippen LogP contribution in [-0.4, -0.2) is 30.6 Å². The van der Waals surface area contributed by atoms with E-state index in [9.17, 15) is 14.7 Å². The number of ether oxygens (including phenoxy) is 1. The molecule has 0 saturated heterocycles. The number of carbonyl (C=O) groups is 2. The van der Waals surface area contributed by atoms with E-state index in [-0.39, 0.29) is 18.9 Å². The minimum atomic E-state index is -0.957. The molecule has 0 aliphatic carbocycles. The Labute approximate surface area is 134 Å². The number of hydrogen-bond acceptors (Lipinski definition) is 3. The summed E-state index contributed by atoms with van der Waals surface area (Å²) < 4.78 is 5.06. The fourth-order valence-electron chi connectivity index (χ4n) is 2.24. The van der Waals surface area contributed by atoms with Gasteiger partial charge in [0.05, 0.1) is 19.4 Å². The molecule has 2 aromatic carbocycles. The molecule has 0 bridgehead atoms. The second-order valence-corrected chi connectivity index (χ2v) is 5.13. The maximum Gasteiger partial charge on any atom is 0.312 e. The highest BCUT2D eigenvalue weighted by Gasteiger charge is 2.20. The number of benzene rings is 2. The predicted octanol–water partition coefficient (Wildman–Crippen LogP) is 2.22. The maximum atomic E-state index is 12.0. The third kappa shape index (κ3) is 4.85. The van der Waals surface area contributed by atoms with Crippen molar-refractivity contribution in [2.75, 3.05) is 13.7 Å². The molecule has 0 spiro atoms. The summed E-state index contributed by atoms with van der Waals surface area (Å²) in [6.07, 6.45) is 0.200. The van der Waals surface area contributed by atoms with E-state index in [1.54, 1.807) is 43.5 Å². The predicted molar refractivity (Wildman–Crippen MR) is 86.5 cm³/mol. The lowest BCUT2D eigenvalue weighted by Gasteiger charge is -2.14. The van der Waals surface area contributed by atoms with Crippen LogP contribution in [0.25, 0.3) is 0 Å². The van der Waals surface area contributed by atoms with Crippen molar-refractivity contribution in [2.45, 2.75) is 12.3 Å². The van der Waals surface area contributed by atoms with Crippen LogP contribution >= 0.6 is 0 Å². The van der Waals surface area contributed by atoms with Crippen molar-refractivity contribution in [3.05, 3.63) is 65.7 Å². The molecule has 1 atom stereocenters. The number of carboxylic acids is 1. The van der Waals surface area contributed by atoms with Gasteiger partial charge in [-0.1, -0.05) is 42.5 Å². The van der Waals surface area contributed by atoms with Crippen molar-refractivity contribution in [3.63, 3.8) is 0 Å². The molecular formula is C18H19NO4. The molecule has 1 amide bonds. The van der Waals surface area contributed by atoms with Gasteiger partial charge in [0, 0.05) is 6.54 Å². The Morgan fingerprint density at radius 1 is 1.09 bits per heavy atom. The fourth-order valence-corrected chi connectivity index (χ4v) is 2.24. The Balaban J connectivity index is 1.92. The van der Waals surface area contributed by atoms with Gasteiger partial charge < -0.3 is 15.2 Å². The number of rotatable bonds is 7. The van der Waals surface area contributed by atoms with E-state index in [1.165, 1.54) is 0 Å². The van der Waals surface area contributed by atoms with Crippen molar-refractivity contribution in [1.29, 1.82) is 0 Å². The quantitative estimate of drug-likeness (QED) is 0.822. The third-order valence-corrected chi connectivity index (χ3v) is 3.53. The van der Waals surface area contributed by atoms with Gasteiger partial charge in [-0.15, -0.1) is 0 Å². The van der Waals surface area contributed by atoms with Crippen LogP contribution in [0, 0.1) is 0 Å². The van der Waals surface area contributed by atoms with Crippen LogP contribution in [0.15, 0.2) is 54.6 Å². The minimum absolute atomic E-state index is 0.0638. The molecule has 0 aliphatic heterocycles. The molecule has 0 radical (unpaired) electrons. The highest BCUT2D eigenvalue weighted by atomic mass is 16.5. The van der Waals surface area contributed by atoms with Crippen LogP contribution in [0.1, 0.15) is 17.0 Å². The van der Waals surface area contributed by atoms with Crippen molar-refractivity contribution in [2.24, 2.45) is 0 Å². The lowest BCUT2D eigenvalue weighted by Crippen LogP contribution is -2.32. The first-order chi connectivity index (χ1) is 11.1. The van der Waals surface area contributed by atoms with Crippen LogP contribution < -0.4 is 10.1 Å². The molecule has 0 aliphatic rings. The van der Waals surface area contributed by atoms with Gasteiger partial charge in [0.1, 0.15) is 5.75 Å². The van der Waals surface area contributed by atoms with Gasteiger partial charge in [-0.3, -0.25) is 9.59 Å². The van der Waals surface area contributed by atoms with E-state index in [1.807, 2.05) is 18.2 Å². The van der Waals surface area contributed by atoms with E-state index in [2.05, 4.69) is 5.32 Å². The number of nitrogens with one attached hydrogen (secondary N) is 1. The van der Waals surface area contributed by atoms with Crippen LogP contribution in [0.4, 0.5) is 0 Å². The fraction of sp³-hybridized carbons (Fsp3) is 0.222. The largest absolute Gasteiger partial charge is 0.497 e. The maximum absolute atomic E-state index is 12.0. The van der Waals surface area contributed by atoms with Crippen LogP contribution in [-0.2, 0) is 16.0 Å². The number of hydrogen-bond donors (Lipinski definition) is 2. The summed E-state index contributed by atoms with van der Waals surface area (Å²) in [5.74, 6) is -1.20. The van der Waals surface area contributed by atoms with Crippen molar-refractivity contribution in [1.82, 2.24) is 5.32 Å². The molecule has 2 rings (SSSR count). The lowest BCUT2D eigenvalue weighted by molar-refractivity contribution is -0.138.